The maximum Gasteiger partial charge on any atom is 0.274 e. The third-order valence-corrected chi connectivity index (χ3v) is 4.52. The zero-order chi connectivity index (χ0) is 15.8. The maximum absolute atomic E-state index is 12.5. The van der Waals surface area contributed by atoms with Crippen LogP contribution in [0.15, 0.2) is 18.6 Å². The average molecular weight is 314 g/mol. The molecule has 2 aliphatic rings. The van der Waals surface area contributed by atoms with E-state index in [0.29, 0.717) is 24.0 Å². The summed E-state index contributed by atoms with van der Waals surface area (Å²) in [4.78, 5) is 26.7. The fourth-order valence-corrected chi connectivity index (χ4v) is 3.36. The molecule has 1 N–H and O–H groups in total. The molecule has 8 nitrogen and oxygen atoms in total. The lowest BCUT2D eigenvalue weighted by molar-refractivity contribution is -0.00699. The van der Waals surface area contributed by atoms with Crippen molar-refractivity contribution in [3.05, 3.63) is 35.9 Å². The highest BCUT2D eigenvalue weighted by Crippen LogP contribution is 2.40. The van der Waals surface area contributed by atoms with Gasteiger partial charge in [-0.1, -0.05) is 0 Å². The van der Waals surface area contributed by atoms with Crippen molar-refractivity contribution < 1.29 is 9.53 Å². The summed E-state index contributed by atoms with van der Waals surface area (Å²) in [5, 5.41) is 7.05. The Morgan fingerprint density at radius 3 is 3.09 bits per heavy atom. The van der Waals surface area contributed by atoms with Crippen molar-refractivity contribution in [1.29, 1.82) is 0 Å². The van der Waals surface area contributed by atoms with Crippen molar-refractivity contribution in [3.8, 4) is 0 Å². The van der Waals surface area contributed by atoms with E-state index in [1.165, 1.54) is 12.4 Å². The van der Waals surface area contributed by atoms with Crippen LogP contribution in [-0.2, 0) is 4.74 Å². The van der Waals surface area contributed by atoms with E-state index in [0.717, 1.165) is 25.2 Å². The van der Waals surface area contributed by atoms with E-state index in [1.807, 2.05) is 6.92 Å². The number of aryl methyl sites for hydroxylation is 1. The normalized spacial score (nSPS) is 27.0. The molecule has 4 rings (SSSR count). The van der Waals surface area contributed by atoms with Gasteiger partial charge < -0.3 is 9.64 Å². The molecule has 0 spiro atoms. The monoisotopic (exact) mass is 314 g/mol. The molecule has 0 aliphatic carbocycles. The highest BCUT2D eigenvalue weighted by Gasteiger charge is 2.42. The molecular weight excluding hydrogens is 296 g/mol. The number of amides is 1. The van der Waals surface area contributed by atoms with E-state index in [9.17, 15) is 4.79 Å². The number of H-pyrrole nitrogens is 1. The van der Waals surface area contributed by atoms with Crippen LogP contribution >= 0.6 is 0 Å². The van der Waals surface area contributed by atoms with Crippen LogP contribution in [0, 0.1) is 12.8 Å². The first-order chi connectivity index (χ1) is 11.2. The van der Waals surface area contributed by atoms with E-state index in [1.54, 1.807) is 11.1 Å². The number of aromatic nitrogens is 5. The molecule has 0 bridgehead atoms. The predicted octanol–water partition coefficient (Wildman–Crippen LogP) is 0.895. The smallest absolute Gasteiger partial charge is 0.274 e. The van der Waals surface area contributed by atoms with Gasteiger partial charge in [0.25, 0.3) is 5.91 Å². The van der Waals surface area contributed by atoms with Gasteiger partial charge in [0, 0.05) is 25.5 Å². The molecule has 1 amide bonds. The first kappa shape index (κ1) is 14.3. The second-order valence-electron chi connectivity index (χ2n) is 6.07. The van der Waals surface area contributed by atoms with Gasteiger partial charge in [0.2, 0.25) is 0 Å². The van der Waals surface area contributed by atoms with Crippen molar-refractivity contribution in [2.75, 3.05) is 13.1 Å². The van der Waals surface area contributed by atoms with Crippen LogP contribution in [0.1, 0.15) is 41.1 Å². The third kappa shape index (κ3) is 2.70. The van der Waals surface area contributed by atoms with Crippen LogP contribution in [-0.4, -0.2) is 55.1 Å². The number of piperidine rings is 1. The fourth-order valence-electron chi connectivity index (χ4n) is 3.36. The number of carbonyl (C=O) groups excluding carboxylic acids is 1. The zero-order valence-corrected chi connectivity index (χ0v) is 12.8. The molecule has 2 aliphatic heterocycles. The number of fused-ring (bicyclic) bond motifs is 1. The maximum atomic E-state index is 12.5. The van der Waals surface area contributed by atoms with Crippen molar-refractivity contribution >= 4 is 5.91 Å². The number of rotatable bonds is 2. The molecule has 0 radical (unpaired) electrons. The minimum atomic E-state index is -0.0858. The van der Waals surface area contributed by atoms with Crippen molar-refractivity contribution in [3.63, 3.8) is 0 Å². The Balaban J connectivity index is 1.44. The lowest BCUT2D eigenvalue weighted by Crippen LogP contribution is -2.45. The molecule has 4 heterocycles. The van der Waals surface area contributed by atoms with Crippen LogP contribution in [0.4, 0.5) is 0 Å². The Morgan fingerprint density at radius 2 is 2.35 bits per heavy atom. The second-order valence-corrected chi connectivity index (χ2v) is 6.07. The van der Waals surface area contributed by atoms with Crippen molar-refractivity contribution in [1.82, 2.24) is 30.0 Å². The summed E-state index contributed by atoms with van der Waals surface area (Å²) in [6.45, 7) is 3.18. The van der Waals surface area contributed by atoms with E-state index in [2.05, 4.69) is 25.1 Å². The van der Waals surface area contributed by atoms with Gasteiger partial charge in [-0.3, -0.25) is 14.9 Å². The van der Waals surface area contributed by atoms with Crippen molar-refractivity contribution in [2.45, 2.75) is 32.0 Å². The summed E-state index contributed by atoms with van der Waals surface area (Å²) in [6, 6.07) is 0. The number of aromatic amines is 1. The number of hydrogen-bond donors (Lipinski definition) is 1. The highest BCUT2D eigenvalue weighted by molar-refractivity contribution is 5.92. The first-order valence-corrected chi connectivity index (χ1v) is 7.80. The SMILES string of the molecule is Cc1nc([C@@H]2C[C@H]3CCN(C(=O)c4cnccn4)C[C@@H]3O2)n[nH]1. The van der Waals surface area contributed by atoms with Gasteiger partial charge in [-0.15, -0.1) is 0 Å². The van der Waals surface area contributed by atoms with Crippen LogP contribution in [0.2, 0.25) is 0 Å². The number of carbonyl (C=O) groups is 1. The van der Waals surface area contributed by atoms with Gasteiger partial charge in [-0.25, -0.2) is 9.97 Å². The molecular formula is C15H18N6O2. The Hall–Kier alpha value is -2.35. The van der Waals surface area contributed by atoms with Crippen LogP contribution in [0.25, 0.3) is 0 Å². The molecule has 0 unspecified atom stereocenters. The van der Waals surface area contributed by atoms with Gasteiger partial charge in [-0.05, 0) is 25.7 Å². The summed E-state index contributed by atoms with van der Waals surface area (Å²) in [6.07, 6.45) is 6.39. The Labute approximate surface area is 133 Å². The Morgan fingerprint density at radius 1 is 1.43 bits per heavy atom. The summed E-state index contributed by atoms with van der Waals surface area (Å²) in [5.74, 6) is 1.86. The number of nitrogens with one attached hydrogen (secondary N) is 1. The molecule has 0 aromatic carbocycles. The second kappa shape index (κ2) is 5.69. The first-order valence-electron chi connectivity index (χ1n) is 7.80. The number of hydrogen-bond acceptors (Lipinski definition) is 6. The van der Waals surface area contributed by atoms with Crippen LogP contribution < -0.4 is 0 Å². The number of likely N-dealkylation sites (tertiary alicyclic amines) is 1. The molecule has 8 heteroatoms. The van der Waals surface area contributed by atoms with E-state index < -0.39 is 0 Å². The molecule has 120 valence electrons. The van der Waals surface area contributed by atoms with E-state index in [-0.39, 0.29) is 18.1 Å². The molecule has 3 atom stereocenters. The molecule has 23 heavy (non-hydrogen) atoms. The summed E-state index contributed by atoms with van der Waals surface area (Å²) >= 11 is 0. The van der Waals surface area contributed by atoms with Gasteiger partial charge in [0.05, 0.1) is 12.3 Å². The lowest BCUT2D eigenvalue weighted by atomic mass is 9.91. The minimum absolute atomic E-state index is 0.0353. The van der Waals surface area contributed by atoms with Crippen LogP contribution in [0.3, 0.4) is 0 Å². The largest absolute Gasteiger partial charge is 0.365 e. The van der Waals surface area contributed by atoms with Crippen LogP contribution in [0.5, 0.6) is 0 Å². The van der Waals surface area contributed by atoms with Gasteiger partial charge in [0.1, 0.15) is 17.6 Å². The molecule has 2 aromatic heterocycles. The van der Waals surface area contributed by atoms with Gasteiger partial charge >= 0.3 is 0 Å². The van der Waals surface area contributed by atoms with Gasteiger partial charge in [0.15, 0.2) is 5.82 Å². The summed E-state index contributed by atoms with van der Waals surface area (Å²) in [5.41, 5.74) is 0.380. The van der Waals surface area contributed by atoms with E-state index >= 15 is 0 Å². The summed E-state index contributed by atoms with van der Waals surface area (Å²) < 4.78 is 6.11. The molecule has 2 aromatic rings. The molecule has 0 saturated carbocycles. The Bertz CT molecular complexity index is 703. The molecule has 2 fully saturated rings. The number of nitrogens with zero attached hydrogens (tertiary/aromatic N) is 5. The average Bonchev–Trinajstić information content (AvgIpc) is 3.20. The summed E-state index contributed by atoms with van der Waals surface area (Å²) in [7, 11) is 0. The zero-order valence-electron chi connectivity index (χ0n) is 12.8. The van der Waals surface area contributed by atoms with Gasteiger partial charge in [-0.2, -0.15) is 5.10 Å². The standard InChI is InChI=1S/C15H18N6O2/c1-9-18-14(20-19-9)12-6-10-2-5-21(8-13(10)23-12)15(22)11-7-16-3-4-17-11/h3-4,7,10,12-13H,2,5-6,8H2,1H3,(H,18,19,20)/t10-,12+,13+/m1/s1. The van der Waals surface area contributed by atoms with Crippen molar-refractivity contribution in [2.24, 2.45) is 5.92 Å². The topological polar surface area (TPSA) is 96.9 Å². The van der Waals surface area contributed by atoms with E-state index in [4.69, 9.17) is 4.74 Å². The Kier molecular flexibility index (Phi) is 3.53. The fraction of sp³-hybridized carbons (Fsp3) is 0.533. The minimum Gasteiger partial charge on any atom is -0.365 e. The lowest BCUT2D eigenvalue weighted by Gasteiger charge is -2.33. The quantitative estimate of drug-likeness (QED) is 0.884. The predicted molar refractivity (Wildman–Crippen MR) is 79.4 cm³/mol. The third-order valence-electron chi connectivity index (χ3n) is 4.52. The number of ether oxygens (including phenoxy) is 1. The highest BCUT2D eigenvalue weighted by atomic mass is 16.5. The molecule has 2 saturated heterocycles.